The first-order valence-corrected chi connectivity index (χ1v) is 8.12. The van der Waals surface area contributed by atoms with Crippen molar-refractivity contribution in [1.82, 2.24) is 4.90 Å². The number of rotatable bonds is 6. The van der Waals surface area contributed by atoms with Crippen LogP contribution >= 0.6 is 0 Å². The largest absolute Gasteiger partial charge is 0.496 e. The molecule has 27 heavy (non-hydrogen) atoms. The highest BCUT2D eigenvalue weighted by Gasteiger charge is 2.22. The molecule has 1 aliphatic heterocycles. The molecule has 0 saturated carbocycles. The third kappa shape index (κ3) is 4.00. The fourth-order valence-corrected chi connectivity index (χ4v) is 2.69. The zero-order valence-electron chi connectivity index (χ0n) is 14.9. The van der Waals surface area contributed by atoms with Crippen LogP contribution in [0, 0.1) is 10.1 Å². The van der Waals surface area contributed by atoms with Gasteiger partial charge in [-0.1, -0.05) is 18.2 Å². The van der Waals surface area contributed by atoms with Crippen molar-refractivity contribution >= 4 is 17.7 Å². The number of hydrogen-bond donors (Lipinski definition) is 0. The molecule has 140 valence electrons. The average molecular weight is 370 g/mol. The van der Waals surface area contributed by atoms with Crippen LogP contribution in [0.25, 0.3) is 6.08 Å². The standard InChI is InChI=1S/C19H18N2O6/c1-20(11-14-5-3-4-6-16(14)25-2)19(22)8-7-13-9-17-18(27-12-26-17)10-15(13)21(23)24/h3-10H,11-12H2,1-2H3. The van der Waals surface area contributed by atoms with Crippen LogP contribution in [0.1, 0.15) is 11.1 Å². The molecule has 3 rings (SSSR count). The molecule has 0 unspecified atom stereocenters. The molecular formula is C19H18N2O6. The molecule has 2 aromatic rings. The van der Waals surface area contributed by atoms with Crippen molar-refractivity contribution in [2.75, 3.05) is 21.0 Å². The van der Waals surface area contributed by atoms with E-state index in [2.05, 4.69) is 0 Å². The summed E-state index contributed by atoms with van der Waals surface area (Å²) in [7, 11) is 3.21. The lowest BCUT2D eigenvalue weighted by molar-refractivity contribution is -0.385. The predicted molar refractivity (Wildman–Crippen MR) is 97.7 cm³/mol. The van der Waals surface area contributed by atoms with Crippen molar-refractivity contribution in [3.63, 3.8) is 0 Å². The Kier molecular flexibility index (Phi) is 5.25. The highest BCUT2D eigenvalue weighted by molar-refractivity contribution is 5.92. The molecule has 0 aromatic heterocycles. The van der Waals surface area contributed by atoms with Gasteiger partial charge in [-0.15, -0.1) is 0 Å². The van der Waals surface area contributed by atoms with Crippen LogP contribution in [0.15, 0.2) is 42.5 Å². The topological polar surface area (TPSA) is 91.1 Å². The van der Waals surface area contributed by atoms with E-state index in [1.54, 1.807) is 14.2 Å². The molecule has 0 atom stereocenters. The zero-order chi connectivity index (χ0) is 19.4. The number of fused-ring (bicyclic) bond motifs is 1. The number of likely N-dealkylation sites (N-methyl/N-ethyl adjacent to an activating group) is 1. The number of nitrogens with zero attached hydrogens (tertiary/aromatic N) is 2. The summed E-state index contributed by atoms with van der Waals surface area (Å²) in [6, 6.07) is 10.2. The van der Waals surface area contributed by atoms with Gasteiger partial charge in [0.05, 0.1) is 23.7 Å². The van der Waals surface area contributed by atoms with Gasteiger partial charge < -0.3 is 19.1 Å². The minimum Gasteiger partial charge on any atom is -0.496 e. The Morgan fingerprint density at radius 1 is 1.30 bits per heavy atom. The van der Waals surface area contributed by atoms with Gasteiger partial charge in [-0.2, -0.15) is 0 Å². The molecule has 1 aliphatic rings. The fraction of sp³-hybridized carbons (Fsp3) is 0.211. The summed E-state index contributed by atoms with van der Waals surface area (Å²) in [4.78, 5) is 24.7. The Balaban J connectivity index is 1.77. The summed E-state index contributed by atoms with van der Waals surface area (Å²) in [5, 5.41) is 11.3. The second-order valence-corrected chi connectivity index (χ2v) is 5.86. The minimum absolute atomic E-state index is 0.0141. The number of carbonyl (C=O) groups is 1. The molecule has 0 N–H and O–H groups in total. The summed E-state index contributed by atoms with van der Waals surface area (Å²) in [6.45, 7) is 0.358. The second kappa shape index (κ2) is 7.77. The molecule has 1 amide bonds. The van der Waals surface area contributed by atoms with Crippen molar-refractivity contribution in [2.45, 2.75) is 6.54 Å². The highest BCUT2D eigenvalue weighted by atomic mass is 16.7. The Morgan fingerprint density at radius 3 is 2.70 bits per heavy atom. The van der Waals surface area contributed by atoms with E-state index in [1.807, 2.05) is 24.3 Å². The van der Waals surface area contributed by atoms with Crippen LogP contribution in [0.3, 0.4) is 0 Å². The van der Waals surface area contributed by atoms with E-state index in [-0.39, 0.29) is 24.0 Å². The van der Waals surface area contributed by atoms with E-state index in [0.717, 1.165) is 5.56 Å². The lowest BCUT2D eigenvalue weighted by Gasteiger charge is -2.17. The number of para-hydroxylation sites is 1. The summed E-state index contributed by atoms with van der Waals surface area (Å²) >= 11 is 0. The molecule has 0 aliphatic carbocycles. The molecule has 0 radical (unpaired) electrons. The molecule has 8 heteroatoms. The van der Waals surface area contributed by atoms with Gasteiger partial charge in [-0.3, -0.25) is 14.9 Å². The van der Waals surface area contributed by atoms with E-state index >= 15 is 0 Å². The maximum atomic E-state index is 12.4. The van der Waals surface area contributed by atoms with Gasteiger partial charge in [-0.25, -0.2) is 0 Å². The van der Waals surface area contributed by atoms with Gasteiger partial charge in [0.15, 0.2) is 11.5 Å². The number of carbonyl (C=O) groups excluding carboxylic acids is 1. The van der Waals surface area contributed by atoms with Crippen LogP contribution < -0.4 is 14.2 Å². The first-order valence-electron chi connectivity index (χ1n) is 8.12. The Labute approximate surface area is 155 Å². The Hall–Kier alpha value is -3.55. The second-order valence-electron chi connectivity index (χ2n) is 5.86. The monoisotopic (exact) mass is 370 g/mol. The number of methoxy groups -OCH3 is 1. The third-order valence-corrected chi connectivity index (χ3v) is 4.10. The maximum Gasteiger partial charge on any atom is 0.280 e. The minimum atomic E-state index is -0.523. The van der Waals surface area contributed by atoms with Crippen molar-refractivity contribution in [1.29, 1.82) is 0 Å². The summed E-state index contributed by atoms with van der Waals surface area (Å²) in [5.41, 5.74) is 0.970. The van der Waals surface area contributed by atoms with Crippen molar-refractivity contribution in [3.05, 3.63) is 63.7 Å². The predicted octanol–water partition coefficient (Wildman–Crippen LogP) is 3.00. The normalized spacial score (nSPS) is 12.2. The fourth-order valence-electron chi connectivity index (χ4n) is 2.69. The molecule has 0 saturated heterocycles. The van der Waals surface area contributed by atoms with Gasteiger partial charge in [-0.05, 0) is 18.2 Å². The van der Waals surface area contributed by atoms with E-state index in [9.17, 15) is 14.9 Å². The molecular weight excluding hydrogens is 352 g/mol. The Morgan fingerprint density at radius 2 is 2.00 bits per heavy atom. The van der Waals surface area contributed by atoms with Crippen molar-refractivity contribution in [3.8, 4) is 17.2 Å². The first kappa shape index (κ1) is 18.2. The molecule has 2 aromatic carbocycles. The van der Waals surface area contributed by atoms with Gasteiger partial charge in [0.2, 0.25) is 12.7 Å². The van der Waals surface area contributed by atoms with Crippen molar-refractivity contribution in [2.24, 2.45) is 0 Å². The first-order chi connectivity index (χ1) is 13.0. The number of nitro benzene ring substituents is 1. The smallest absolute Gasteiger partial charge is 0.280 e. The van der Waals surface area contributed by atoms with E-state index in [4.69, 9.17) is 14.2 Å². The van der Waals surface area contributed by atoms with Crippen LogP contribution in [0.4, 0.5) is 5.69 Å². The van der Waals surface area contributed by atoms with E-state index in [1.165, 1.54) is 29.2 Å². The summed E-state index contributed by atoms with van der Waals surface area (Å²) in [5.74, 6) is 1.12. The zero-order valence-corrected chi connectivity index (χ0v) is 14.9. The van der Waals surface area contributed by atoms with Gasteiger partial charge in [0, 0.05) is 25.2 Å². The molecule has 0 bridgehead atoms. The number of hydrogen-bond acceptors (Lipinski definition) is 6. The number of ether oxygens (including phenoxy) is 3. The van der Waals surface area contributed by atoms with Crippen LogP contribution in [0.5, 0.6) is 17.2 Å². The van der Waals surface area contributed by atoms with E-state index in [0.29, 0.717) is 23.8 Å². The SMILES string of the molecule is COc1ccccc1CN(C)C(=O)C=Cc1cc2c(cc1[N+](=O)[O-])OCO2. The van der Waals surface area contributed by atoms with Crippen LogP contribution in [0.2, 0.25) is 0 Å². The Bertz CT molecular complexity index is 909. The molecule has 0 fully saturated rings. The quantitative estimate of drug-likeness (QED) is 0.441. The average Bonchev–Trinajstić information content (AvgIpc) is 3.13. The molecule has 1 heterocycles. The van der Waals surface area contributed by atoms with Gasteiger partial charge in [0.25, 0.3) is 5.69 Å². The van der Waals surface area contributed by atoms with Gasteiger partial charge >= 0.3 is 0 Å². The number of amides is 1. The number of nitro groups is 1. The highest BCUT2D eigenvalue weighted by Crippen LogP contribution is 2.38. The lowest BCUT2D eigenvalue weighted by atomic mass is 10.1. The molecule has 8 nitrogen and oxygen atoms in total. The van der Waals surface area contributed by atoms with Gasteiger partial charge in [0.1, 0.15) is 5.75 Å². The maximum absolute atomic E-state index is 12.4. The summed E-state index contributed by atoms with van der Waals surface area (Å²) in [6.07, 6.45) is 2.70. The summed E-state index contributed by atoms with van der Waals surface area (Å²) < 4.78 is 15.7. The molecule has 0 spiro atoms. The van der Waals surface area contributed by atoms with E-state index < -0.39 is 4.92 Å². The lowest BCUT2D eigenvalue weighted by Crippen LogP contribution is -2.24. The van der Waals surface area contributed by atoms with Crippen LogP contribution in [-0.4, -0.2) is 36.7 Å². The van der Waals surface area contributed by atoms with Crippen LogP contribution in [-0.2, 0) is 11.3 Å². The number of benzene rings is 2. The van der Waals surface area contributed by atoms with Crippen molar-refractivity contribution < 1.29 is 23.9 Å². The third-order valence-electron chi connectivity index (χ3n) is 4.10.